The zero-order valence-corrected chi connectivity index (χ0v) is 9.20. The molecule has 3 nitrogen and oxygen atoms in total. The third kappa shape index (κ3) is 1.81. The number of hydrogen-bond donors (Lipinski definition) is 0. The van der Waals surface area contributed by atoms with Crippen molar-refractivity contribution in [2.24, 2.45) is 5.92 Å². The molecule has 1 aliphatic carbocycles. The molecule has 1 aliphatic rings. The summed E-state index contributed by atoms with van der Waals surface area (Å²) in [5, 5.41) is -0.488. The molecule has 0 amide bonds. The Morgan fingerprint density at radius 2 is 1.87 bits per heavy atom. The molecule has 1 saturated carbocycles. The smallest absolute Gasteiger partial charge is 0.181 e. The second-order valence-corrected chi connectivity index (χ2v) is 6.10. The van der Waals surface area contributed by atoms with Crippen LogP contribution < -0.4 is 0 Å². The first-order valence-corrected chi connectivity index (χ1v) is 6.36. The summed E-state index contributed by atoms with van der Waals surface area (Å²) in [5.74, 6) is -0.295. The number of aryl methyl sites for hydroxylation is 1. The Bertz CT molecular complexity index is 473. The van der Waals surface area contributed by atoms with Gasteiger partial charge in [-0.05, 0) is 25.5 Å². The molecule has 0 aromatic heterocycles. The van der Waals surface area contributed by atoms with Crippen LogP contribution in [0.2, 0.25) is 0 Å². The number of benzene rings is 1. The van der Waals surface area contributed by atoms with Gasteiger partial charge in [-0.25, -0.2) is 8.42 Å². The van der Waals surface area contributed by atoms with Gasteiger partial charge in [0.05, 0.1) is 10.1 Å². The summed E-state index contributed by atoms with van der Waals surface area (Å²) in [6.07, 6.45) is 1.20. The molecule has 1 aromatic rings. The van der Waals surface area contributed by atoms with E-state index in [9.17, 15) is 13.2 Å². The molecule has 1 fully saturated rings. The summed E-state index contributed by atoms with van der Waals surface area (Å²) < 4.78 is 23.8. The Kier molecular flexibility index (Phi) is 2.38. The van der Waals surface area contributed by atoms with Crippen molar-refractivity contribution in [1.29, 1.82) is 0 Å². The summed E-state index contributed by atoms with van der Waals surface area (Å²) in [6.45, 7) is 1.90. The van der Waals surface area contributed by atoms with Crippen molar-refractivity contribution in [3.8, 4) is 0 Å². The van der Waals surface area contributed by atoms with E-state index >= 15 is 0 Å². The van der Waals surface area contributed by atoms with Gasteiger partial charge < -0.3 is 4.79 Å². The van der Waals surface area contributed by atoms with Gasteiger partial charge in [0.2, 0.25) is 0 Å². The highest BCUT2D eigenvalue weighted by Crippen LogP contribution is 2.38. The lowest BCUT2D eigenvalue weighted by Crippen LogP contribution is -2.09. The lowest BCUT2D eigenvalue weighted by atomic mass is 10.2. The van der Waals surface area contributed by atoms with Crippen LogP contribution in [0.5, 0.6) is 0 Å². The van der Waals surface area contributed by atoms with Crippen molar-refractivity contribution in [1.82, 2.24) is 0 Å². The monoisotopic (exact) mass is 224 g/mol. The van der Waals surface area contributed by atoms with Crippen molar-refractivity contribution in [3.63, 3.8) is 0 Å². The molecule has 0 saturated heterocycles. The molecular weight excluding hydrogens is 212 g/mol. The lowest BCUT2D eigenvalue weighted by Gasteiger charge is -2.02. The lowest BCUT2D eigenvalue weighted by molar-refractivity contribution is -0.108. The SMILES string of the molecule is Cc1ccc(S(=O)(=O)[C@H]2C[C@@H]2C=O)cc1. The Hall–Kier alpha value is -1.16. The standard InChI is InChI=1S/C11H12O3S/c1-8-2-4-10(5-3-8)15(13,14)11-6-9(11)7-12/h2-5,7,9,11H,6H2,1H3/t9-,11+/m1/s1. The summed E-state index contributed by atoms with van der Waals surface area (Å²) >= 11 is 0. The molecule has 2 rings (SSSR count). The molecule has 0 heterocycles. The van der Waals surface area contributed by atoms with Gasteiger partial charge in [-0.2, -0.15) is 0 Å². The van der Waals surface area contributed by atoms with E-state index < -0.39 is 15.1 Å². The number of hydrogen-bond acceptors (Lipinski definition) is 3. The minimum Gasteiger partial charge on any atom is -0.303 e. The predicted octanol–water partition coefficient (Wildman–Crippen LogP) is 1.36. The molecule has 2 atom stereocenters. The second-order valence-electron chi connectivity index (χ2n) is 3.93. The largest absolute Gasteiger partial charge is 0.303 e. The van der Waals surface area contributed by atoms with E-state index in [0.717, 1.165) is 11.8 Å². The fourth-order valence-corrected chi connectivity index (χ4v) is 3.46. The van der Waals surface area contributed by atoms with Gasteiger partial charge in [-0.15, -0.1) is 0 Å². The number of aldehydes is 1. The molecule has 0 radical (unpaired) electrons. The van der Waals surface area contributed by atoms with Gasteiger partial charge in [-0.3, -0.25) is 0 Å². The fraction of sp³-hybridized carbons (Fsp3) is 0.364. The zero-order valence-electron chi connectivity index (χ0n) is 8.38. The van der Waals surface area contributed by atoms with Crippen LogP contribution in [-0.2, 0) is 14.6 Å². The Labute approximate surface area is 89.0 Å². The molecule has 0 bridgehead atoms. The average Bonchev–Trinajstić information content (AvgIpc) is 2.98. The number of sulfone groups is 1. The molecule has 0 spiro atoms. The van der Waals surface area contributed by atoms with Crippen molar-refractivity contribution >= 4 is 16.1 Å². The van der Waals surface area contributed by atoms with Crippen molar-refractivity contribution < 1.29 is 13.2 Å². The van der Waals surface area contributed by atoms with Gasteiger partial charge in [0.25, 0.3) is 0 Å². The summed E-state index contributed by atoms with van der Waals surface area (Å²) in [4.78, 5) is 10.8. The van der Waals surface area contributed by atoms with Crippen LogP contribution in [0.15, 0.2) is 29.2 Å². The van der Waals surface area contributed by atoms with E-state index in [2.05, 4.69) is 0 Å². The maximum absolute atomic E-state index is 11.9. The maximum Gasteiger partial charge on any atom is 0.181 e. The molecule has 15 heavy (non-hydrogen) atoms. The third-order valence-electron chi connectivity index (χ3n) is 2.70. The minimum atomic E-state index is -3.28. The van der Waals surface area contributed by atoms with E-state index in [4.69, 9.17) is 0 Å². The van der Waals surface area contributed by atoms with Gasteiger partial charge in [0.1, 0.15) is 6.29 Å². The molecule has 80 valence electrons. The normalized spacial score (nSPS) is 24.9. The van der Waals surface area contributed by atoms with Crippen LogP contribution in [-0.4, -0.2) is 20.0 Å². The highest BCUT2D eigenvalue weighted by Gasteiger charge is 2.47. The van der Waals surface area contributed by atoms with Gasteiger partial charge >= 0.3 is 0 Å². The molecular formula is C11H12O3S. The average molecular weight is 224 g/mol. The van der Waals surface area contributed by atoms with Crippen LogP contribution in [0.25, 0.3) is 0 Å². The number of carbonyl (C=O) groups excluding carboxylic acids is 1. The molecule has 1 aromatic carbocycles. The minimum absolute atomic E-state index is 0.295. The zero-order chi connectivity index (χ0) is 11.1. The van der Waals surface area contributed by atoms with Crippen LogP contribution in [0.3, 0.4) is 0 Å². The van der Waals surface area contributed by atoms with E-state index in [-0.39, 0.29) is 5.92 Å². The predicted molar refractivity (Wildman–Crippen MR) is 56.3 cm³/mol. The topological polar surface area (TPSA) is 51.2 Å². The van der Waals surface area contributed by atoms with E-state index in [0.29, 0.717) is 11.3 Å². The summed E-state index contributed by atoms with van der Waals surface area (Å²) in [5.41, 5.74) is 1.02. The van der Waals surface area contributed by atoms with Crippen LogP contribution in [0.1, 0.15) is 12.0 Å². The van der Waals surface area contributed by atoms with Crippen molar-refractivity contribution in [2.75, 3.05) is 0 Å². The van der Waals surface area contributed by atoms with E-state index in [1.54, 1.807) is 24.3 Å². The maximum atomic E-state index is 11.9. The molecule has 4 heteroatoms. The second kappa shape index (κ2) is 3.45. The van der Waals surface area contributed by atoms with Crippen LogP contribution >= 0.6 is 0 Å². The van der Waals surface area contributed by atoms with Crippen molar-refractivity contribution in [2.45, 2.75) is 23.5 Å². The Balaban J connectivity index is 2.31. The van der Waals surface area contributed by atoms with Gasteiger partial charge in [0, 0.05) is 5.92 Å². The number of carbonyl (C=O) groups is 1. The first-order valence-electron chi connectivity index (χ1n) is 4.81. The quantitative estimate of drug-likeness (QED) is 0.728. The Morgan fingerprint density at radius 3 is 2.33 bits per heavy atom. The summed E-state index contributed by atoms with van der Waals surface area (Å²) in [7, 11) is -3.28. The highest BCUT2D eigenvalue weighted by atomic mass is 32.2. The number of rotatable bonds is 3. The molecule has 0 unspecified atom stereocenters. The third-order valence-corrected chi connectivity index (χ3v) is 4.97. The van der Waals surface area contributed by atoms with E-state index in [1.807, 2.05) is 6.92 Å². The summed E-state index contributed by atoms with van der Waals surface area (Å²) in [6, 6.07) is 6.74. The molecule has 0 N–H and O–H groups in total. The highest BCUT2D eigenvalue weighted by molar-refractivity contribution is 7.92. The van der Waals surface area contributed by atoms with Crippen molar-refractivity contribution in [3.05, 3.63) is 29.8 Å². The first kappa shape index (κ1) is 10.4. The Morgan fingerprint density at radius 1 is 1.27 bits per heavy atom. The molecule has 0 aliphatic heterocycles. The fourth-order valence-electron chi connectivity index (χ4n) is 1.59. The first-order chi connectivity index (χ1) is 7.05. The van der Waals surface area contributed by atoms with Gasteiger partial charge in [0.15, 0.2) is 9.84 Å². The van der Waals surface area contributed by atoms with E-state index in [1.165, 1.54) is 0 Å². The van der Waals surface area contributed by atoms with Crippen LogP contribution in [0, 0.1) is 12.8 Å². The van der Waals surface area contributed by atoms with Crippen LogP contribution in [0.4, 0.5) is 0 Å². The van der Waals surface area contributed by atoms with Gasteiger partial charge in [-0.1, -0.05) is 17.7 Å².